The molecule has 3 aromatic rings. The largest absolute Gasteiger partial charge is 0.325 e. The van der Waals surface area contributed by atoms with Crippen molar-refractivity contribution >= 4 is 35.0 Å². The van der Waals surface area contributed by atoms with E-state index in [2.05, 4.69) is 22.4 Å². The molecule has 5 nitrogen and oxygen atoms in total. The van der Waals surface area contributed by atoms with Crippen molar-refractivity contribution in [2.45, 2.75) is 32.0 Å². The number of nitrogens with zero attached hydrogens (tertiary/aromatic N) is 3. The standard InChI is InChI=1S/C20H21ClN4OS/c1-3-14-5-11-17(12-6-14)22-18(26)13-27-20-24-23-19(25(20)4-2)15-7-9-16(21)10-8-15/h5-12H,3-4,13H2,1-2H3,(H,22,26). The van der Waals surface area contributed by atoms with Crippen molar-refractivity contribution in [3.8, 4) is 11.4 Å². The molecule has 140 valence electrons. The Morgan fingerprint density at radius 2 is 1.78 bits per heavy atom. The van der Waals surface area contributed by atoms with Crippen LogP contribution in [0.25, 0.3) is 11.4 Å². The van der Waals surface area contributed by atoms with Crippen LogP contribution in [-0.2, 0) is 17.8 Å². The second-order valence-electron chi connectivity index (χ2n) is 5.94. The highest BCUT2D eigenvalue weighted by Gasteiger charge is 2.14. The molecule has 27 heavy (non-hydrogen) atoms. The van der Waals surface area contributed by atoms with E-state index in [0.29, 0.717) is 11.6 Å². The van der Waals surface area contributed by atoms with E-state index in [1.54, 1.807) is 0 Å². The van der Waals surface area contributed by atoms with Crippen LogP contribution in [0.3, 0.4) is 0 Å². The quantitative estimate of drug-likeness (QED) is 0.572. The minimum atomic E-state index is -0.0667. The van der Waals surface area contributed by atoms with Gasteiger partial charge in [-0.25, -0.2) is 0 Å². The van der Waals surface area contributed by atoms with Gasteiger partial charge in [0, 0.05) is 22.8 Å². The fourth-order valence-corrected chi connectivity index (χ4v) is 3.57. The molecule has 0 unspecified atom stereocenters. The number of aryl methyl sites for hydroxylation is 1. The van der Waals surface area contributed by atoms with E-state index in [1.165, 1.54) is 17.3 Å². The van der Waals surface area contributed by atoms with Gasteiger partial charge in [-0.15, -0.1) is 10.2 Å². The molecular weight excluding hydrogens is 380 g/mol. The molecular formula is C20H21ClN4OS. The summed E-state index contributed by atoms with van der Waals surface area (Å²) in [5.74, 6) is 0.976. The molecule has 1 N–H and O–H groups in total. The summed E-state index contributed by atoms with van der Waals surface area (Å²) in [6.07, 6.45) is 0.979. The number of nitrogens with one attached hydrogen (secondary N) is 1. The lowest BCUT2D eigenvalue weighted by atomic mass is 10.1. The molecule has 0 radical (unpaired) electrons. The minimum Gasteiger partial charge on any atom is -0.325 e. The lowest BCUT2D eigenvalue weighted by Crippen LogP contribution is -2.14. The van der Waals surface area contributed by atoms with E-state index in [4.69, 9.17) is 11.6 Å². The van der Waals surface area contributed by atoms with Crippen molar-refractivity contribution in [3.63, 3.8) is 0 Å². The number of amides is 1. The van der Waals surface area contributed by atoms with Gasteiger partial charge in [0.15, 0.2) is 11.0 Å². The molecule has 0 saturated carbocycles. The molecule has 0 spiro atoms. The molecule has 1 heterocycles. The molecule has 3 rings (SSSR count). The van der Waals surface area contributed by atoms with Gasteiger partial charge in [-0.3, -0.25) is 4.79 Å². The van der Waals surface area contributed by atoms with Gasteiger partial charge < -0.3 is 9.88 Å². The third-order valence-electron chi connectivity index (χ3n) is 4.11. The Bertz CT molecular complexity index is 907. The molecule has 0 aliphatic heterocycles. The van der Waals surface area contributed by atoms with E-state index in [9.17, 15) is 4.79 Å². The smallest absolute Gasteiger partial charge is 0.234 e. The molecule has 0 aliphatic carbocycles. The number of halogens is 1. The molecule has 0 fully saturated rings. The summed E-state index contributed by atoms with van der Waals surface area (Å²) in [4.78, 5) is 12.3. The van der Waals surface area contributed by atoms with Crippen LogP contribution in [0.1, 0.15) is 19.4 Å². The van der Waals surface area contributed by atoms with E-state index >= 15 is 0 Å². The van der Waals surface area contributed by atoms with E-state index in [1.807, 2.05) is 60.0 Å². The van der Waals surface area contributed by atoms with Crippen LogP contribution in [0.4, 0.5) is 5.69 Å². The first-order chi connectivity index (χ1) is 13.1. The van der Waals surface area contributed by atoms with Crippen LogP contribution in [0.15, 0.2) is 53.7 Å². The topological polar surface area (TPSA) is 59.8 Å². The molecule has 1 amide bonds. The average molecular weight is 401 g/mol. The Morgan fingerprint density at radius 1 is 1.07 bits per heavy atom. The SMILES string of the molecule is CCc1ccc(NC(=O)CSc2nnc(-c3ccc(Cl)cc3)n2CC)cc1. The van der Waals surface area contributed by atoms with E-state index in [-0.39, 0.29) is 11.7 Å². The number of hydrogen-bond acceptors (Lipinski definition) is 4. The van der Waals surface area contributed by atoms with Gasteiger partial charge >= 0.3 is 0 Å². The van der Waals surface area contributed by atoms with Gasteiger partial charge in [-0.05, 0) is 55.3 Å². The number of rotatable bonds is 7. The second-order valence-corrected chi connectivity index (χ2v) is 7.32. The maximum Gasteiger partial charge on any atom is 0.234 e. The van der Waals surface area contributed by atoms with Gasteiger partial charge in [0.05, 0.1) is 5.75 Å². The monoisotopic (exact) mass is 400 g/mol. The third-order valence-corrected chi connectivity index (χ3v) is 5.33. The van der Waals surface area contributed by atoms with Crippen LogP contribution in [0, 0.1) is 0 Å². The Kier molecular flexibility index (Phi) is 6.53. The fourth-order valence-electron chi connectivity index (χ4n) is 2.64. The van der Waals surface area contributed by atoms with E-state index < -0.39 is 0 Å². The van der Waals surface area contributed by atoms with Crippen LogP contribution in [0.5, 0.6) is 0 Å². The number of carbonyl (C=O) groups is 1. The molecule has 0 saturated heterocycles. The minimum absolute atomic E-state index is 0.0667. The van der Waals surface area contributed by atoms with Crippen molar-refractivity contribution in [1.82, 2.24) is 14.8 Å². The zero-order valence-corrected chi connectivity index (χ0v) is 16.8. The predicted octanol–water partition coefficient (Wildman–Crippen LogP) is 4.91. The first-order valence-electron chi connectivity index (χ1n) is 8.81. The van der Waals surface area contributed by atoms with Crippen molar-refractivity contribution in [2.75, 3.05) is 11.1 Å². The van der Waals surface area contributed by atoms with Crippen LogP contribution < -0.4 is 5.32 Å². The van der Waals surface area contributed by atoms with Crippen molar-refractivity contribution in [2.24, 2.45) is 0 Å². The summed E-state index contributed by atoms with van der Waals surface area (Å²) in [6, 6.07) is 15.4. The number of carbonyl (C=O) groups excluding carboxylic acids is 1. The molecule has 7 heteroatoms. The average Bonchev–Trinajstić information content (AvgIpc) is 3.10. The predicted molar refractivity (Wildman–Crippen MR) is 111 cm³/mol. The Morgan fingerprint density at radius 3 is 2.41 bits per heavy atom. The number of thioether (sulfide) groups is 1. The highest BCUT2D eigenvalue weighted by molar-refractivity contribution is 7.99. The Labute approximate surface area is 168 Å². The highest BCUT2D eigenvalue weighted by atomic mass is 35.5. The molecule has 0 atom stereocenters. The Balaban J connectivity index is 1.65. The summed E-state index contributed by atoms with van der Waals surface area (Å²) in [7, 11) is 0. The van der Waals surface area contributed by atoms with Crippen molar-refractivity contribution < 1.29 is 4.79 Å². The number of aromatic nitrogens is 3. The summed E-state index contributed by atoms with van der Waals surface area (Å²) >= 11 is 7.33. The summed E-state index contributed by atoms with van der Waals surface area (Å²) < 4.78 is 2.00. The molecule has 0 bridgehead atoms. The van der Waals surface area contributed by atoms with Gasteiger partial charge in [0.25, 0.3) is 0 Å². The zero-order chi connectivity index (χ0) is 19.2. The lowest BCUT2D eigenvalue weighted by Gasteiger charge is -2.08. The van der Waals surface area contributed by atoms with Crippen molar-refractivity contribution in [1.29, 1.82) is 0 Å². The van der Waals surface area contributed by atoms with Crippen LogP contribution >= 0.6 is 23.4 Å². The molecule has 0 aliphatic rings. The first-order valence-corrected chi connectivity index (χ1v) is 10.2. The number of benzene rings is 2. The van der Waals surface area contributed by atoms with Gasteiger partial charge in [0.2, 0.25) is 5.91 Å². The van der Waals surface area contributed by atoms with Crippen LogP contribution in [0.2, 0.25) is 5.02 Å². The maximum atomic E-state index is 12.3. The first kappa shape index (κ1) is 19.5. The van der Waals surface area contributed by atoms with Gasteiger partial charge in [-0.1, -0.05) is 42.4 Å². The zero-order valence-electron chi connectivity index (χ0n) is 15.3. The maximum absolute atomic E-state index is 12.3. The van der Waals surface area contributed by atoms with Gasteiger partial charge in [0.1, 0.15) is 0 Å². The van der Waals surface area contributed by atoms with Gasteiger partial charge in [-0.2, -0.15) is 0 Å². The number of hydrogen-bond donors (Lipinski definition) is 1. The summed E-state index contributed by atoms with van der Waals surface area (Å²) in [5, 5.41) is 12.9. The van der Waals surface area contributed by atoms with Crippen LogP contribution in [-0.4, -0.2) is 26.4 Å². The molecule has 2 aromatic carbocycles. The third kappa shape index (κ3) is 4.90. The van der Waals surface area contributed by atoms with E-state index in [0.717, 1.165) is 28.7 Å². The van der Waals surface area contributed by atoms with Crippen molar-refractivity contribution in [3.05, 3.63) is 59.1 Å². The summed E-state index contributed by atoms with van der Waals surface area (Å²) in [5.41, 5.74) is 2.99. The lowest BCUT2D eigenvalue weighted by molar-refractivity contribution is -0.113. The fraction of sp³-hybridized carbons (Fsp3) is 0.250. The summed E-state index contributed by atoms with van der Waals surface area (Å²) in [6.45, 7) is 4.85. The Hall–Kier alpha value is -2.31. The molecule has 1 aromatic heterocycles. The second kappa shape index (κ2) is 9.06. The highest BCUT2D eigenvalue weighted by Crippen LogP contribution is 2.25. The number of anilines is 1. The normalized spacial score (nSPS) is 10.8.